The lowest BCUT2D eigenvalue weighted by Gasteiger charge is -2.06. The molecule has 1 unspecified atom stereocenters. The van der Waals surface area contributed by atoms with E-state index in [0.717, 1.165) is 44.1 Å². The van der Waals surface area contributed by atoms with E-state index in [1.807, 2.05) is 13.0 Å². The highest BCUT2D eigenvalue weighted by molar-refractivity contribution is 5.74. The summed E-state index contributed by atoms with van der Waals surface area (Å²) >= 11 is 0. The minimum Gasteiger partial charge on any atom is -0.459 e. The van der Waals surface area contributed by atoms with Gasteiger partial charge in [-0.15, -0.1) is 0 Å². The summed E-state index contributed by atoms with van der Waals surface area (Å²) in [4.78, 5) is 11.2. The number of rotatable bonds is 13. The third-order valence-electron chi connectivity index (χ3n) is 4.26. The Labute approximate surface area is 165 Å². The van der Waals surface area contributed by atoms with E-state index in [1.54, 1.807) is 0 Å². The number of esters is 1. The number of hydrogen-bond acceptors (Lipinski definition) is 4. The molecule has 4 heteroatoms. The molecule has 0 aliphatic carbocycles. The van der Waals surface area contributed by atoms with E-state index < -0.39 is 18.7 Å². The monoisotopic (exact) mass is 378 g/mol. The maximum atomic E-state index is 11.2. The number of aliphatic hydroxyl groups is 2. The SMILES string of the molecule is CC(C)=CCC/C(C)=C/CC/C(C)=C/CC/C(C)=C/COC(=O)C(O)CO. The van der Waals surface area contributed by atoms with Crippen LogP contribution in [0, 0.1) is 0 Å². The summed E-state index contributed by atoms with van der Waals surface area (Å²) in [5.74, 6) is -0.790. The van der Waals surface area contributed by atoms with Crippen molar-refractivity contribution < 1.29 is 19.7 Å². The maximum Gasteiger partial charge on any atom is 0.337 e. The van der Waals surface area contributed by atoms with Crippen molar-refractivity contribution in [3.8, 4) is 0 Å². The second kappa shape index (κ2) is 15.4. The third kappa shape index (κ3) is 15.1. The van der Waals surface area contributed by atoms with Crippen LogP contribution in [0.5, 0.6) is 0 Å². The topological polar surface area (TPSA) is 66.8 Å². The fraction of sp³-hybridized carbons (Fsp3) is 0.609. The first-order valence-electron chi connectivity index (χ1n) is 9.82. The average Bonchev–Trinajstić information content (AvgIpc) is 2.60. The van der Waals surface area contributed by atoms with E-state index in [1.165, 1.54) is 16.7 Å². The summed E-state index contributed by atoms with van der Waals surface area (Å²) in [6, 6.07) is 0. The number of carbonyl (C=O) groups is 1. The van der Waals surface area contributed by atoms with Gasteiger partial charge < -0.3 is 14.9 Å². The molecule has 0 aliphatic rings. The molecule has 27 heavy (non-hydrogen) atoms. The van der Waals surface area contributed by atoms with Gasteiger partial charge in [0.1, 0.15) is 6.61 Å². The van der Waals surface area contributed by atoms with Crippen LogP contribution in [0.15, 0.2) is 46.6 Å². The molecule has 0 saturated carbocycles. The van der Waals surface area contributed by atoms with Gasteiger partial charge >= 0.3 is 5.97 Å². The van der Waals surface area contributed by atoms with Crippen molar-refractivity contribution in [3.05, 3.63) is 46.6 Å². The highest BCUT2D eigenvalue weighted by Gasteiger charge is 2.13. The fourth-order valence-electron chi connectivity index (χ4n) is 2.42. The number of carbonyl (C=O) groups excluding carboxylic acids is 1. The van der Waals surface area contributed by atoms with Crippen LogP contribution >= 0.6 is 0 Å². The Balaban J connectivity index is 4.05. The highest BCUT2D eigenvalue weighted by atomic mass is 16.5. The van der Waals surface area contributed by atoms with Crippen LogP contribution < -0.4 is 0 Å². The standard InChI is InChI=1S/C23H38O4/c1-18(2)9-6-10-19(3)11-7-12-20(4)13-8-14-21(5)15-16-27-23(26)22(25)17-24/h9,11,13,15,22,24-25H,6-8,10,12,14,16-17H2,1-5H3/b19-11+,20-13+,21-15+. The molecule has 0 spiro atoms. The molecule has 0 aliphatic heterocycles. The number of aliphatic hydroxyl groups excluding tert-OH is 2. The Morgan fingerprint density at radius 3 is 1.70 bits per heavy atom. The van der Waals surface area contributed by atoms with Crippen molar-refractivity contribution in [2.24, 2.45) is 0 Å². The van der Waals surface area contributed by atoms with Crippen LogP contribution in [0.2, 0.25) is 0 Å². The fourth-order valence-corrected chi connectivity index (χ4v) is 2.42. The molecule has 0 bridgehead atoms. The van der Waals surface area contributed by atoms with Gasteiger partial charge in [0.05, 0.1) is 6.61 Å². The van der Waals surface area contributed by atoms with Gasteiger partial charge in [0.25, 0.3) is 0 Å². The predicted octanol–water partition coefficient (Wildman–Crippen LogP) is 5.03. The number of hydrogen-bond donors (Lipinski definition) is 2. The van der Waals surface area contributed by atoms with E-state index >= 15 is 0 Å². The van der Waals surface area contributed by atoms with Gasteiger partial charge in [-0.05, 0) is 79.2 Å². The van der Waals surface area contributed by atoms with E-state index in [4.69, 9.17) is 14.9 Å². The smallest absolute Gasteiger partial charge is 0.337 e. The molecule has 0 rings (SSSR count). The van der Waals surface area contributed by atoms with Gasteiger partial charge in [-0.25, -0.2) is 4.79 Å². The van der Waals surface area contributed by atoms with Crippen LogP contribution in [0.1, 0.15) is 73.1 Å². The molecule has 0 aromatic carbocycles. The molecule has 0 heterocycles. The average molecular weight is 379 g/mol. The molecule has 0 fully saturated rings. The van der Waals surface area contributed by atoms with E-state index in [-0.39, 0.29) is 6.61 Å². The lowest BCUT2D eigenvalue weighted by Crippen LogP contribution is -2.26. The Morgan fingerprint density at radius 1 is 0.815 bits per heavy atom. The van der Waals surface area contributed by atoms with E-state index in [2.05, 4.69) is 45.9 Å². The van der Waals surface area contributed by atoms with Gasteiger partial charge in [0.2, 0.25) is 0 Å². The van der Waals surface area contributed by atoms with Crippen molar-refractivity contribution in [2.75, 3.05) is 13.2 Å². The highest BCUT2D eigenvalue weighted by Crippen LogP contribution is 2.13. The Bertz CT molecular complexity index is 549. The van der Waals surface area contributed by atoms with Gasteiger partial charge in [-0.1, -0.05) is 40.5 Å². The maximum absolute atomic E-state index is 11.2. The zero-order chi connectivity index (χ0) is 20.7. The summed E-state index contributed by atoms with van der Waals surface area (Å²) in [5.41, 5.74) is 5.38. The molecule has 154 valence electrons. The normalized spacial score (nSPS) is 14.1. The first-order valence-corrected chi connectivity index (χ1v) is 9.82. The van der Waals surface area contributed by atoms with E-state index in [9.17, 15) is 4.79 Å². The van der Waals surface area contributed by atoms with Gasteiger partial charge in [-0.3, -0.25) is 0 Å². The van der Waals surface area contributed by atoms with Crippen LogP contribution in [-0.4, -0.2) is 35.5 Å². The Kier molecular flexibility index (Phi) is 14.5. The van der Waals surface area contributed by atoms with Crippen molar-refractivity contribution in [3.63, 3.8) is 0 Å². The van der Waals surface area contributed by atoms with Gasteiger partial charge in [0, 0.05) is 0 Å². The summed E-state index contributed by atoms with van der Waals surface area (Å²) in [6.45, 7) is 10.2. The third-order valence-corrected chi connectivity index (χ3v) is 4.26. The Hall–Kier alpha value is -1.65. The Morgan fingerprint density at radius 2 is 1.26 bits per heavy atom. The minimum absolute atomic E-state index is 0.126. The van der Waals surface area contributed by atoms with Crippen molar-refractivity contribution >= 4 is 5.97 Å². The lowest BCUT2D eigenvalue weighted by atomic mass is 10.0. The lowest BCUT2D eigenvalue weighted by molar-refractivity contribution is -0.154. The van der Waals surface area contributed by atoms with Crippen LogP contribution in [-0.2, 0) is 9.53 Å². The molecule has 1 atom stereocenters. The zero-order valence-corrected chi connectivity index (χ0v) is 17.8. The van der Waals surface area contributed by atoms with Crippen molar-refractivity contribution in [2.45, 2.75) is 79.2 Å². The molecular formula is C23H38O4. The first kappa shape index (κ1) is 25.4. The largest absolute Gasteiger partial charge is 0.459 e. The van der Waals surface area contributed by atoms with E-state index in [0.29, 0.717) is 0 Å². The molecule has 0 amide bonds. The van der Waals surface area contributed by atoms with Crippen LogP contribution in [0.3, 0.4) is 0 Å². The molecular weight excluding hydrogens is 340 g/mol. The zero-order valence-electron chi connectivity index (χ0n) is 17.8. The minimum atomic E-state index is -1.45. The van der Waals surface area contributed by atoms with Crippen LogP contribution in [0.4, 0.5) is 0 Å². The quantitative estimate of drug-likeness (QED) is 0.348. The van der Waals surface area contributed by atoms with Crippen molar-refractivity contribution in [1.82, 2.24) is 0 Å². The molecule has 0 aromatic rings. The summed E-state index contributed by atoms with van der Waals surface area (Å²) in [5, 5.41) is 17.8. The second-order valence-electron chi connectivity index (χ2n) is 7.38. The molecule has 2 N–H and O–H groups in total. The summed E-state index contributed by atoms with van der Waals surface area (Å²) in [6.07, 6.45) is 13.6. The summed E-state index contributed by atoms with van der Waals surface area (Å²) in [7, 11) is 0. The molecule has 0 radical (unpaired) electrons. The van der Waals surface area contributed by atoms with Gasteiger partial charge in [0.15, 0.2) is 6.10 Å². The van der Waals surface area contributed by atoms with Crippen LogP contribution in [0.25, 0.3) is 0 Å². The number of ether oxygens (including phenoxy) is 1. The molecule has 4 nitrogen and oxygen atoms in total. The first-order chi connectivity index (χ1) is 12.8. The summed E-state index contributed by atoms with van der Waals surface area (Å²) < 4.78 is 4.86. The second-order valence-corrected chi connectivity index (χ2v) is 7.38. The number of allylic oxidation sites excluding steroid dienone is 7. The van der Waals surface area contributed by atoms with Crippen molar-refractivity contribution in [1.29, 1.82) is 0 Å². The molecule has 0 aromatic heterocycles. The van der Waals surface area contributed by atoms with Gasteiger partial charge in [-0.2, -0.15) is 0 Å². The molecule has 0 saturated heterocycles. The predicted molar refractivity (Wildman–Crippen MR) is 112 cm³/mol.